The smallest absolute Gasteiger partial charge is 0.337 e. The summed E-state index contributed by atoms with van der Waals surface area (Å²) < 4.78 is 10.7. The maximum Gasteiger partial charge on any atom is 0.337 e. The van der Waals surface area contributed by atoms with Crippen molar-refractivity contribution in [3.05, 3.63) is 65.5 Å². The number of methoxy groups -OCH3 is 1. The van der Waals surface area contributed by atoms with Crippen LogP contribution in [-0.2, 0) is 22.6 Å². The number of carbonyl (C=O) groups is 1. The lowest BCUT2D eigenvalue weighted by molar-refractivity contribution is 0.0443. The van der Waals surface area contributed by atoms with Crippen molar-refractivity contribution < 1.29 is 14.3 Å². The number of pyridine rings is 1. The molecular weight excluding hydrogens is 304 g/mol. The molecule has 0 unspecified atom stereocenters. The number of hydrogen-bond donors (Lipinski definition) is 0. The van der Waals surface area contributed by atoms with E-state index >= 15 is 0 Å². The summed E-state index contributed by atoms with van der Waals surface area (Å²) in [5.41, 5.74) is 2.74. The molecule has 1 aliphatic heterocycles. The lowest BCUT2D eigenvalue weighted by Gasteiger charge is -2.16. The Hall–Kier alpha value is -2.24. The van der Waals surface area contributed by atoms with Crippen LogP contribution in [0, 0.1) is 0 Å². The van der Waals surface area contributed by atoms with Crippen LogP contribution in [-0.4, -0.2) is 42.2 Å². The van der Waals surface area contributed by atoms with E-state index < -0.39 is 0 Å². The molecule has 2 heterocycles. The first-order valence-electron chi connectivity index (χ1n) is 8.16. The first-order chi connectivity index (χ1) is 11.7. The van der Waals surface area contributed by atoms with Gasteiger partial charge in [-0.05, 0) is 36.2 Å². The highest BCUT2D eigenvalue weighted by molar-refractivity contribution is 5.89. The third kappa shape index (κ3) is 4.40. The summed E-state index contributed by atoms with van der Waals surface area (Å²) in [7, 11) is 1.39. The first-order valence-corrected chi connectivity index (χ1v) is 8.16. The monoisotopic (exact) mass is 326 g/mol. The second-order valence-corrected chi connectivity index (χ2v) is 5.97. The Balaban J connectivity index is 1.46. The average Bonchev–Trinajstić information content (AvgIpc) is 3.08. The fourth-order valence-electron chi connectivity index (χ4n) is 2.89. The van der Waals surface area contributed by atoms with Crippen molar-refractivity contribution in [2.75, 3.05) is 20.2 Å². The Morgan fingerprint density at radius 1 is 1.25 bits per heavy atom. The molecule has 3 rings (SSSR count). The quantitative estimate of drug-likeness (QED) is 0.764. The van der Waals surface area contributed by atoms with E-state index in [0.29, 0.717) is 12.2 Å². The van der Waals surface area contributed by atoms with Gasteiger partial charge in [0, 0.05) is 25.8 Å². The number of aromatic nitrogens is 1. The molecule has 126 valence electrons. The van der Waals surface area contributed by atoms with Crippen molar-refractivity contribution in [1.29, 1.82) is 0 Å². The molecule has 0 saturated carbocycles. The molecular formula is C19H22N2O3. The van der Waals surface area contributed by atoms with E-state index in [4.69, 9.17) is 9.47 Å². The molecule has 0 bridgehead atoms. The summed E-state index contributed by atoms with van der Waals surface area (Å²) in [6.07, 6.45) is 3.08. The number of carbonyl (C=O) groups excluding carboxylic acids is 1. The van der Waals surface area contributed by atoms with Crippen LogP contribution in [0.1, 0.15) is 28.0 Å². The second-order valence-electron chi connectivity index (χ2n) is 5.97. The van der Waals surface area contributed by atoms with E-state index in [1.807, 2.05) is 42.5 Å². The number of ether oxygens (including phenoxy) is 2. The van der Waals surface area contributed by atoms with Crippen molar-refractivity contribution in [2.45, 2.75) is 25.7 Å². The predicted octanol–water partition coefficient (Wildman–Crippen LogP) is 2.66. The predicted molar refractivity (Wildman–Crippen MR) is 90.5 cm³/mol. The van der Waals surface area contributed by atoms with Crippen LogP contribution in [0.2, 0.25) is 0 Å². The maximum absolute atomic E-state index is 11.4. The summed E-state index contributed by atoms with van der Waals surface area (Å²) in [6.45, 7) is 3.37. The van der Waals surface area contributed by atoms with Crippen LogP contribution < -0.4 is 0 Å². The number of benzene rings is 1. The van der Waals surface area contributed by atoms with Crippen molar-refractivity contribution in [1.82, 2.24) is 9.88 Å². The van der Waals surface area contributed by atoms with Gasteiger partial charge in [0.15, 0.2) is 0 Å². The van der Waals surface area contributed by atoms with E-state index in [1.54, 1.807) is 6.20 Å². The molecule has 5 nitrogen and oxygen atoms in total. The molecule has 2 aromatic rings. The van der Waals surface area contributed by atoms with Crippen molar-refractivity contribution in [3.8, 4) is 0 Å². The minimum atomic E-state index is -0.300. The van der Waals surface area contributed by atoms with Crippen molar-refractivity contribution in [2.24, 2.45) is 0 Å². The summed E-state index contributed by atoms with van der Waals surface area (Å²) in [5, 5.41) is 0. The highest BCUT2D eigenvalue weighted by Crippen LogP contribution is 2.17. The van der Waals surface area contributed by atoms with E-state index in [0.717, 1.165) is 31.7 Å². The molecule has 1 aromatic heterocycles. The van der Waals surface area contributed by atoms with Gasteiger partial charge in [0.2, 0.25) is 0 Å². The third-order valence-electron chi connectivity index (χ3n) is 4.20. The lowest BCUT2D eigenvalue weighted by atomic mass is 10.1. The third-order valence-corrected chi connectivity index (χ3v) is 4.20. The largest absolute Gasteiger partial charge is 0.465 e. The van der Waals surface area contributed by atoms with E-state index in [1.165, 1.54) is 12.7 Å². The lowest BCUT2D eigenvalue weighted by Crippen LogP contribution is -2.23. The Morgan fingerprint density at radius 2 is 2.08 bits per heavy atom. The molecule has 0 spiro atoms. The van der Waals surface area contributed by atoms with Gasteiger partial charge in [0.05, 0.1) is 31.1 Å². The summed E-state index contributed by atoms with van der Waals surface area (Å²) in [6, 6.07) is 13.5. The van der Waals surface area contributed by atoms with Crippen LogP contribution in [0.15, 0.2) is 48.7 Å². The van der Waals surface area contributed by atoms with Crippen LogP contribution in [0.3, 0.4) is 0 Å². The van der Waals surface area contributed by atoms with Crippen molar-refractivity contribution in [3.63, 3.8) is 0 Å². The maximum atomic E-state index is 11.4. The number of likely N-dealkylation sites (tertiary alicyclic amines) is 1. The SMILES string of the molecule is COC(=O)c1ccc(CN2CC[C@@H](OCc3ccccn3)C2)cc1. The van der Waals surface area contributed by atoms with Gasteiger partial charge in [-0.15, -0.1) is 0 Å². The molecule has 0 N–H and O–H groups in total. The Labute approximate surface area is 142 Å². The van der Waals surface area contributed by atoms with Gasteiger partial charge < -0.3 is 9.47 Å². The van der Waals surface area contributed by atoms with Gasteiger partial charge in [-0.1, -0.05) is 18.2 Å². The number of esters is 1. The number of nitrogens with zero attached hydrogens (tertiary/aromatic N) is 2. The minimum Gasteiger partial charge on any atom is -0.465 e. The second kappa shape index (κ2) is 8.04. The normalized spacial score (nSPS) is 17.8. The van der Waals surface area contributed by atoms with Crippen LogP contribution >= 0.6 is 0 Å². The Bertz CT molecular complexity index is 658. The molecule has 0 aliphatic carbocycles. The van der Waals surface area contributed by atoms with E-state index in [-0.39, 0.29) is 12.1 Å². The average molecular weight is 326 g/mol. The highest BCUT2D eigenvalue weighted by Gasteiger charge is 2.23. The van der Waals surface area contributed by atoms with Crippen LogP contribution in [0.25, 0.3) is 0 Å². The number of hydrogen-bond acceptors (Lipinski definition) is 5. The molecule has 1 fully saturated rings. The van der Waals surface area contributed by atoms with Gasteiger partial charge in [-0.2, -0.15) is 0 Å². The van der Waals surface area contributed by atoms with E-state index in [2.05, 4.69) is 9.88 Å². The highest BCUT2D eigenvalue weighted by atomic mass is 16.5. The summed E-state index contributed by atoms with van der Waals surface area (Å²) in [4.78, 5) is 18.1. The minimum absolute atomic E-state index is 0.251. The first kappa shape index (κ1) is 16.6. The van der Waals surface area contributed by atoms with Gasteiger partial charge >= 0.3 is 5.97 Å². The van der Waals surface area contributed by atoms with Gasteiger partial charge in [0.1, 0.15) is 0 Å². The molecule has 1 saturated heterocycles. The Morgan fingerprint density at radius 3 is 2.79 bits per heavy atom. The fourth-order valence-corrected chi connectivity index (χ4v) is 2.89. The fraction of sp³-hybridized carbons (Fsp3) is 0.368. The zero-order valence-corrected chi connectivity index (χ0v) is 13.9. The zero-order chi connectivity index (χ0) is 16.8. The molecule has 1 aromatic carbocycles. The van der Waals surface area contributed by atoms with E-state index in [9.17, 15) is 4.79 Å². The standard InChI is InChI=1S/C19H22N2O3/c1-23-19(22)16-7-5-15(6-8-16)12-21-11-9-18(13-21)24-14-17-4-2-3-10-20-17/h2-8,10,18H,9,11-14H2,1H3/t18-/m1/s1. The van der Waals surface area contributed by atoms with Crippen LogP contribution in [0.4, 0.5) is 0 Å². The molecule has 1 aliphatic rings. The van der Waals surface area contributed by atoms with Crippen molar-refractivity contribution >= 4 is 5.97 Å². The number of rotatable bonds is 6. The van der Waals surface area contributed by atoms with Crippen LogP contribution in [0.5, 0.6) is 0 Å². The summed E-state index contributed by atoms with van der Waals surface area (Å²) >= 11 is 0. The topological polar surface area (TPSA) is 51.7 Å². The van der Waals surface area contributed by atoms with Gasteiger partial charge in [-0.25, -0.2) is 4.79 Å². The zero-order valence-electron chi connectivity index (χ0n) is 13.9. The molecule has 5 heteroatoms. The molecule has 24 heavy (non-hydrogen) atoms. The molecule has 0 radical (unpaired) electrons. The summed E-state index contributed by atoms with van der Waals surface area (Å²) in [5.74, 6) is -0.300. The van der Waals surface area contributed by atoms with Gasteiger partial charge in [-0.3, -0.25) is 9.88 Å². The Kier molecular flexibility index (Phi) is 5.56. The molecule has 0 amide bonds. The van der Waals surface area contributed by atoms with Gasteiger partial charge in [0.25, 0.3) is 0 Å². The molecule has 1 atom stereocenters.